The predicted molar refractivity (Wildman–Crippen MR) is 114 cm³/mol. The van der Waals surface area contributed by atoms with Crippen molar-refractivity contribution in [2.45, 2.75) is 44.8 Å². The Morgan fingerprint density at radius 2 is 1.93 bits per heavy atom. The number of hydrogen-bond donors (Lipinski definition) is 2. The summed E-state index contributed by atoms with van der Waals surface area (Å²) in [6.07, 6.45) is 10.6. The molecule has 4 nitrogen and oxygen atoms in total. The van der Waals surface area contributed by atoms with Gasteiger partial charge in [0.1, 0.15) is 41.9 Å². The molecule has 2 aromatic carbocycles. The first kappa shape index (κ1) is 23.7. The van der Waals surface area contributed by atoms with Gasteiger partial charge in [0.05, 0.1) is 0 Å². The van der Waals surface area contributed by atoms with E-state index in [4.69, 9.17) is 9.47 Å². The molecule has 1 heterocycles. The van der Waals surface area contributed by atoms with Crippen LogP contribution in [0.2, 0.25) is 0 Å². The highest BCUT2D eigenvalue weighted by Gasteiger charge is 2.20. The number of hydrogen-bond acceptors (Lipinski definition) is 4. The van der Waals surface area contributed by atoms with Gasteiger partial charge in [-0.1, -0.05) is 6.92 Å². The molecule has 2 atom stereocenters. The van der Waals surface area contributed by atoms with E-state index in [0.717, 1.165) is 36.1 Å². The van der Waals surface area contributed by atoms with Crippen molar-refractivity contribution in [2.24, 2.45) is 0 Å². The summed E-state index contributed by atoms with van der Waals surface area (Å²) in [6, 6.07) is 9.04. The third-order valence-corrected chi connectivity index (χ3v) is 4.91. The quantitative estimate of drug-likeness (QED) is 0.480. The van der Waals surface area contributed by atoms with Gasteiger partial charge in [-0.2, -0.15) is 0 Å². The molecule has 0 aliphatic carbocycles. The molecular weight excluding hydrogens is 388 g/mol. The van der Waals surface area contributed by atoms with Crippen LogP contribution in [0.3, 0.4) is 0 Å². The lowest BCUT2D eigenvalue weighted by Crippen LogP contribution is -2.34. The van der Waals surface area contributed by atoms with Crippen molar-refractivity contribution >= 4 is 0 Å². The van der Waals surface area contributed by atoms with Gasteiger partial charge >= 0.3 is 0 Å². The lowest BCUT2D eigenvalue weighted by molar-refractivity contribution is 0.103. The molecule has 2 N–H and O–H groups in total. The molecule has 0 radical (unpaired) electrons. The van der Waals surface area contributed by atoms with Crippen molar-refractivity contribution in [1.29, 1.82) is 0 Å². The lowest BCUT2D eigenvalue weighted by atomic mass is 10.0. The molecule has 0 saturated heterocycles. The van der Waals surface area contributed by atoms with Crippen molar-refractivity contribution < 1.29 is 23.4 Å². The standard InChI is InChI=1S/C22H27F2NO3.C2H2/c1-2-15-11-17(23)4-7-21(15)27-14-19(26)13-25-10-9-20-6-3-16-12-18(24)5-8-22(16)28-20;1-2/h4-5,7-8,11-12,19-20,25-26H,2-3,6,9-10,13-14H2,1H3;1-2H/t19-,20-;/m1./s1. The second kappa shape index (κ2) is 12.2. The maximum Gasteiger partial charge on any atom is 0.123 e. The molecule has 6 heteroatoms. The van der Waals surface area contributed by atoms with Crippen molar-refractivity contribution in [1.82, 2.24) is 5.32 Å². The third kappa shape index (κ3) is 7.01. The van der Waals surface area contributed by atoms with Crippen LogP contribution in [0.15, 0.2) is 36.4 Å². The van der Waals surface area contributed by atoms with E-state index in [-0.39, 0.29) is 24.3 Å². The van der Waals surface area contributed by atoms with Crippen LogP contribution in [0.5, 0.6) is 11.5 Å². The lowest BCUT2D eigenvalue weighted by Gasteiger charge is -2.26. The summed E-state index contributed by atoms with van der Waals surface area (Å²) in [7, 11) is 0. The topological polar surface area (TPSA) is 50.7 Å². The number of halogens is 2. The number of aliphatic hydroxyl groups excluding tert-OH is 1. The Balaban J connectivity index is 0.00000155. The normalized spacial score (nSPS) is 15.9. The number of aliphatic hydroxyl groups is 1. The van der Waals surface area contributed by atoms with Crippen LogP contribution in [0.4, 0.5) is 8.78 Å². The van der Waals surface area contributed by atoms with Gasteiger partial charge in [-0.3, -0.25) is 0 Å². The Morgan fingerprint density at radius 1 is 1.20 bits per heavy atom. The molecular formula is C24H29F2NO3. The van der Waals surface area contributed by atoms with Crippen LogP contribution in [0.25, 0.3) is 0 Å². The molecule has 0 aromatic heterocycles. The molecule has 3 rings (SSSR count). The van der Waals surface area contributed by atoms with Crippen LogP contribution >= 0.6 is 0 Å². The highest BCUT2D eigenvalue weighted by Crippen LogP contribution is 2.29. The fourth-order valence-electron chi connectivity index (χ4n) is 3.36. The summed E-state index contributed by atoms with van der Waals surface area (Å²) < 4.78 is 38.0. The van der Waals surface area contributed by atoms with Gasteiger partial charge in [-0.15, -0.1) is 12.8 Å². The average molecular weight is 417 g/mol. The second-order valence-corrected chi connectivity index (χ2v) is 7.09. The molecule has 0 unspecified atom stereocenters. The Kier molecular flexibility index (Phi) is 9.59. The Hall–Kier alpha value is -2.62. The van der Waals surface area contributed by atoms with Gasteiger partial charge in [0.2, 0.25) is 0 Å². The van der Waals surface area contributed by atoms with E-state index in [1.807, 2.05) is 6.92 Å². The molecule has 162 valence electrons. The first-order chi connectivity index (χ1) is 14.5. The van der Waals surface area contributed by atoms with E-state index in [1.165, 1.54) is 24.3 Å². The molecule has 1 aliphatic heterocycles. The molecule has 0 spiro atoms. The molecule has 0 saturated carbocycles. The summed E-state index contributed by atoms with van der Waals surface area (Å²) >= 11 is 0. The van der Waals surface area contributed by atoms with Crippen LogP contribution in [0.1, 0.15) is 30.9 Å². The summed E-state index contributed by atoms with van der Waals surface area (Å²) in [6.45, 7) is 3.18. The maximum absolute atomic E-state index is 13.2. The first-order valence-corrected chi connectivity index (χ1v) is 10.1. The third-order valence-electron chi connectivity index (χ3n) is 4.91. The maximum atomic E-state index is 13.2. The minimum atomic E-state index is -0.661. The van der Waals surface area contributed by atoms with Crippen molar-refractivity contribution in [3.8, 4) is 24.3 Å². The summed E-state index contributed by atoms with van der Waals surface area (Å²) in [5.74, 6) is 0.847. The fraction of sp³-hybridized carbons (Fsp3) is 0.417. The van der Waals surface area contributed by atoms with E-state index < -0.39 is 6.10 Å². The largest absolute Gasteiger partial charge is 0.491 e. The number of aryl methyl sites for hydroxylation is 2. The molecule has 2 aromatic rings. The minimum Gasteiger partial charge on any atom is -0.491 e. The number of nitrogens with one attached hydrogen (secondary N) is 1. The van der Waals surface area contributed by atoms with Gasteiger partial charge in [0, 0.05) is 6.54 Å². The average Bonchev–Trinajstić information content (AvgIpc) is 2.77. The Labute approximate surface area is 177 Å². The van der Waals surface area contributed by atoms with Crippen LogP contribution < -0.4 is 14.8 Å². The highest BCUT2D eigenvalue weighted by molar-refractivity contribution is 5.36. The number of benzene rings is 2. The number of rotatable bonds is 9. The predicted octanol–water partition coefficient (Wildman–Crippen LogP) is 3.89. The SMILES string of the molecule is C#C.CCc1cc(F)ccc1OC[C@H](O)CNCC[C@H]1CCc2cc(F)ccc2O1. The zero-order valence-corrected chi connectivity index (χ0v) is 17.2. The van der Waals surface area contributed by atoms with Gasteiger partial charge < -0.3 is 19.9 Å². The van der Waals surface area contributed by atoms with Crippen LogP contribution in [0, 0.1) is 24.5 Å². The van der Waals surface area contributed by atoms with Crippen molar-refractivity contribution in [2.75, 3.05) is 19.7 Å². The molecule has 0 bridgehead atoms. The van der Waals surface area contributed by atoms with Crippen molar-refractivity contribution in [3.05, 3.63) is 59.2 Å². The zero-order chi connectivity index (χ0) is 21.9. The second-order valence-electron chi connectivity index (χ2n) is 7.09. The van der Waals surface area contributed by atoms with Gasteiger partial charge in [0.25, 0.3) is 0 Å². The van der Waals surface area contributed by atoms with Gasteiger partial charge in [0.15, 0.2) is 0 Å². The van der Waals surface area contributed by atoms with Crippen LogP contribution in [-0.4, -0.2) is 37.0 Å². The van der Waals surface area contributed by atoms with E-state index in [9.17, 15) is 13.9 Å². The minimum absolute atomic E-state index is 0.0881. The Morgan fingerprint density at radius 3 is 2.70 bits per heavy atom. The number of fused-ring (bicyclic) bond motifs is 1. The van der Waals surface area contributed by atoms with E-state index in [1.54, 1.807) is 12.1 Å². The fourth-order valence-corrected chi connectivity index (χ4v) is 3.36. The van der Waals surface area contributed by atoms with Gasteiger partial charge in [-0.25, -0.2) is 8.78 Å². The summed E-state index contributed by atoms with van der Waals surface area (Å²) in [5.41, 5.74) is 1.71. The Bertz CT molecular complexity index is 825. The number of terminal acetylenes is 1. The van der Waals surface area contributed by atoms with Gasteiger partial charge in [-0.05, 0) is 79.8 Å². The zero-order valence-electron chi connectivity index (χ0n) is 17.2. The van der Waals surface area contributed by atoms with Crippen LogP contribution in [-0.2, 0) is 12.8 Å². The van der Waals surface area contributed by atoms with E-state index in [0.29, 0.717) is 25.3 Å². The summed E-state index contributed by atoms with van der Waals surface area (Å²) in [5, 5.41) is 13.3. The smallest absolute Gasteiger partial charge is 0.123 e. The van der Waals surface area contributed by atoms with E-state index >= 15 is 0 Å². The monoisotopic (exact) mass is 417 g/mol. The molecule has 0 fully saturated rings. The molecule has 0 amide bonds. The molecule has 1 aliphatic rings. The van der Waals surface area contributed by atoms with E-state index in [2.05, 4.69) is 18.2 Å². The molecule has 30 heavy (non-hydrogen) atoms. The summed E-state index contributed by atoms with van der Waals surface area (Å²) in [4.78, 5) is 0. The first-order valence-electron chi connectivity index (χ1n) is 10.1. The number of ether oxygens (including phenoxy) is 2. The highest BCUT2D eigenvalue weighted by atomic mass is 19.1. The van der Waals surface area contributed by atoms with Crippen molar-refractivity contribution in [3.63, 3.8) is 0 Å².